The van der Waals surface area contributed by atoms with Crippen LogP contribution in [0.25, 0.3) is 0 Å². The van der Waals surface area contributed by atoms with Crippen molar-refractivity contribution in [2.24, 2.45) is 23.7 Å². The molecule has 3 aliphatic rings. The minimum absolute atomic E-state index is 0.784. The average Bonchev–Trinajstić information content (AvgIpc) is 2.51. The second-order valence-electron chi connectivity index (χ2n) is 10.6. The highest BCUT2D eigenvalue weighted by molar-refractivity contribution is 5.46. The molecule has 0 aliphatic heterocycles. The molecular formula is C27H41N. The van der Waals surface area contributed by atoms with Crippen molar-refractivity contribution >= 4 is 5.69 Å². The van der Waals surface area contributed by atoms with Crippen LogP contribution in [-0.2, 0) is 6.42 Å². The van der Waals surface area contributed by atoms with Crippen molar-refractivity contribution in [3.8, 4) is 0 Å². The third-order valence-corrected chi connectivity index (χ3v) is 8.02. The van der Waals surface area contributed by atoms with Crippen LogP contribution >= 0.6 is 0 Å². The van der Waals surface area contributed by atoms with E-state index in [0.717, 1.165) is 35.3 Å². The van der Waals surface area contributed by atoms with Gasteiger partial charge in [-0.15, -0.1) is 0 Å². The fourth-order valence-corrected chi connectivity index (χ4v) is 5.82. The van der Waals surface area contributed by atoms with Gasteiger partial charge in [-0.25, -0.2) is 0 Å². The van der Waals surface area contributed by atoms with Gasteiger partial charge in [-0.05, 0) is 123 Å². The van der Waals surface area contributed by atoms with Crippen molar-refractivity contribution in [1.29, 1.82) is 0 Å². The highest BCUT2D eigenvalue weighted by Crippen LogP contribution is 2.43. The molecule has 1 nitrogen and oxygen atoms in total. The molecule has 2 saturated carbocycles. The largest absolute Gasteiger partial charge is 0.399 e. The predicted octanol–water partition coefficient (Wildman–Crippen LogP) is 7.66. The van der Waals surface area contributed by atoms with Crippen molar-refractivity contribution < 1.29 is 0 Å². The zero-order chi connectivity index (χ0) is 19.5. The predicted molar refractivity (Wildman–Crippen MR) is 121 cm³/mol. The number of hydrogen-bond donors (Lipinski definition) is 1. The first-order valence-corrected chi connectivity index (χ1v) is 12.1. The molecule has 4 rings (SSSR count). The van der Waals surface area contributed by atoms with Gasteiger partial charge in [-0.1, -0.05) is 38.0 Å². The highest BCUT2D eigenvalue weighted by atomic mass is 14.5. The Bertz CT molecular complexity index is 676. The fraction of sp³-hybridized carbons (Fsp3) is 0.704. The van der Waals surface area contributed by atoms with Crippen molar-refractivity contribution in [2.75, 3.05) is 5.73 Å². The first-order valence-electron chi connectivity index (χ1n) is 12.1. The number of nitrogens with two attached hydrogens (primary N) is 1. The second-order valence-corrected chi connectivity index (χ2v) is 10.6. The first kappa shape index (κ1) is 20.0. The van der Waals surface area contributed by atoms with E-state index in [1.165, 1.54) is 88.2 Å². The van der Waals surface area contributed by atoms with E-state index in [1.807, 2.05) is 0 Å². The first-order chi connectivity index (χ1) is 13.6. The molecule has 1 heteroatoms. The second kappa shape index (κ2) is 9.06. The van der Waals surface area contributed by atoms with Crippen LogP contribution in [0.4, 0.5) is 5.69 Å². The highest BCUT2D eigenvalue weighted by Gasteiger charge is 2.31. The summed E-state index contributed by atoms with van der Waals surface area (Å²) in [5.74, 6) is 4.51. The van der Waals surface area contributed by atoms with Crippen LogP contribution in [0.15, 0.2) is 29.8 Å². The molecule has 154 valence electrons. The lowest BCUT2D eigenvalue weighted by Gasteiger charge is -2.39. The lowest BCUT2D eigenvalue weighted by atomic mass is 9.67. The van der Waals surface area contributed by atoms with E-state index >= 15 is 0 Å². The molecular weight excluding hydrogens is 338 g/mol. The molecule has 1 aromatic rings. The molecule has 0 amide bonds. The molecule has 28 heavy (non-hydrogen) atoms. The minimum atomic E-state index is 0.784. The van der Waals surface area contributed by atoms with E-state index in [0.29, 0.717) is 0 Å². The summed E-state index contributed by atoms with van der Waals surface area (Å²) in [5.41, 5.74) is 12.0. The number of anilines is 1. The van der Waals surface area contributed by atoms with Crippen LogP contribution in [-0.4, -0.2) is 0 Å². The Balaban J connectivity index is 1.28. The molecule has 2 fully saturated rings. The standard InChI is InChI=1S/C27H41N/c1-19(2)25-14-22(15-25)12-20-6-3-8-21(9-4-7-20)13-23-16-26(18-27(28)17-23)24-10-5-11-24/h6,16-19,21-22,24-25H,3-5,7-15,28H2,1-2H3. The normalized spacial score (nSPS) is 28.8. The minimum Gasteiger partial charge on any atom is -0.399 e. The summed E-state index contributed by atoms with van der Waals surface area (Å²) >= 11 is 0. The Morgan fingerprint density at radius 2 is 1.75 bits per heavy atom. The summed E-state index contributed by atoms with van der Waals surface area (Å²) in [4.78, 5) is 0. The van der Waals surface area contributed by atoms with Gasteiger partial charge in [0, 0.05) is 5.69 Å². The molecule has 2 N–H and O–H groups in total. The van der Waals surface area contributed by atoms with Gasteiger partial charge in [0.15, 0.2) is 0 Å². The van der Waals surface area contributed by atoms with E-state index in [2.05, 4.69) is 38.1 Å². The maximum Gasteiger partial charge on any atom is 0.0319 e. The van der Waals surface area contributed by atoms with Crippen LogP contribution in [0.3, 0.4) is 0 Å². The third kappa shape index (κ3) is 5.02. The molecule has 0 radical (unpaired) electrons. The van der Waals surface area contributed by atoms with Crippen LogP contribution in [0, 0.1) is 23.7 Å². The van der Waals surface area contributed by atoms with Crippen molar-refractivity contribution in [3.63, 3.8) is 0 Å². The molecule has 0 saturated heterocycles. The van der Waals surface area contributed by atoms with E-state index in [4.69, 9.17) is 5.73 Å². The molecule has 0 spiro atoms. The summed E-state index contributed by atoms with van der Waals surface area (Å²) in [6.07, 6.45) is 19.1. The molecule has 1 atom stereocenters. The van der Waals surface area contributed by atoms with Gasteiger partial charge < -0.3 is 5.73 Å². The molecule has 3 aliphatic carbocycles. The smallest absolute Gasteiger partial charge is 0.0319 e. The maximum absolute atomic E-state index is 6.24. The molecule has 1 aromatic carbocycles. The summed E-state index contributed by atoms with van der Waals surface area (Å²) in [6, 6.07) is 6.94. The average molecular weight is 380 g/mol. The van der Waals surface area contributed by atoms with Crippen LogP contribution in [0.1, 0.15) is 102 Å². The number of benzene rings is 1. The SMILES string of the molecule is CC(C)C1CC(CC2=CCCC(Cc3cc(N)cc(C4CCC4)c3)CCC2)C1. The number of allylic oxidation sites excluding steroid dienone is 2. The van der Waals surface area contributed by atoms with E-state index in [-0.39, 0.29) is 0 Å². The molecule has 0 heterocycles. The van der Waals surface area contributed by atoms with Crippen LogP contribution in [0.2, 0.25) is 0 Å². The molecule has 0 bridgehead atoms. The summed E-state index contributed by atoms with van der Waals surface area (Å²) < 4.78 is 0. The van der Waals surface area contributed by atoms with Crippen LogP contribution in [0.5, 0.6) is 0 Å². The van der Waals surface area contributed by atoms with E-state index in [9.17, 15) is 0 Å². The maximum atomic E-state index is 6.24. The third-order valence-electron chi connectivity index (χ3n) is 8.02. The number of rotatable bonds is 6. The summed E-state index contributed by atoms with van der Waals surface area (Å²) in [7, 11) is 0. The Labute approximate surface area is 173 Å². The van der Waals surface area contributed by atoms with Gasteiger partial charge in [-0.2, -0.15) is 0 Å². The van der Waals surface area contributed by atoms with Crippen molar-refractivity contribution in [3.05, 3.63) is 41.0 Å². The quantitative estimate of drug-likeness (QED) is 0.398. The van der Waals surface area contributed by atoms with Gasteiger partial charge in [-0.3, -0.25) is 0 Å². The van der Waals surface area contributed by atoms with Gasteiger partial charge in [0.1, 0.15) is 0 Å². The topological polar surface area (TPSA) is 26.0 Å². The summed E-state index contributed by atoms with van der Waals surface area (Å²) in [5, 5.41) is 0. The van der Waals surface area contributed by atoms with Gasteiger partial charge >= 0.3 is 0 Å². The molecule has 0 aromatic heterocycles. The monoisotopic (exact) mass is 379 g/mol. The summed E-state index contributed by atoms with van der Waals surface area (Å²) in [6.45, 7) is 4.79. The van der Waals surface area contributed by atoms with Gasteiger partial charge in [0.05, 0.1) is 0 Å². The lowest BCUT2D eigenvalue weighted by molar-refractivity contribution is 0.140. The van der Waals surface area contributed by atoms with E-state index < -0.39 is 0 Å². The Morgan fingerprint density at radius 1 is 0.929 bits per heavy atom. The number of nitrogen functional groups attached to an aromatic ring is 1. The Morgan fingerprint density at radius 3 is 2.46 bits per heavy atom. The van der Waals surface area contributed by atoms with Gasteiger partial charge in [0.25, 0.3) is 0 Å². The lowest BCUT2D eigenvalue weighted by Crippen LogP contribution is -2.28. The Kier molecular flexibility index (Phi) is 6.48. The Hall–Kier alpha value is -1.24. The van der Waals surface area contributed by atoms with E-state index in [1.54, 1.807) is 5.57 Å². The zero-order valence-electron chi connectivity index (χ0n) is 18.3. The van der Waals surface area contributed by atoms with Crippen molar-refractivity contribution in [2.45, 2.75) is 96.8 Å². The molecule has 1 unspecified atom stereocenters. The zero-order valence-corrected chi connectivity index (χ0v) is 18.3. The van der Waals surface area contributed by atoms with Crippen LogP contribution < -0.4 is 5.73 Å². The fourth-order valence-electron chi connectivity index (χ4n) is 5.82. The van der Waals surface area contributed by atoms with Gasteiger partial charge in [0.2, 0.25) is 0 Å². The number of hydrogen-bond acceptors (Lipinski definition) is 1. The van der Waals surface area contributed by atoms with Crippen molar-refractivity contribution in [1.82, 2.24) is 0 Å².